The van der Waals surface area contributed by atoms with Gasteiger partial charge >= 0.3 is 0 Å². The number of halogens is 1. The van der Waals surface area contributed by atoms with Crippen molar-refractivity contribution in [2.45, 2.75) is 57.3 Å². The van der Waals surface area contributed by atoms with Crippen LogP contribution in [-0.2, 0) is 0 Å². The monoisotopic (exact) mass is 313 g/mol. The van der Waals surface area contributed by atoms with Crippen LogP contribution < -0.4 is 5.32 Å². The third kappa shape index (κ3) is 2.79. The number of aryl methyl sites for hydroxylation is 2. The number of alkyl halides is 1. The fourth-order valence-corrected chi connectivity index (χ4v) is 3.11. The third-order valence-corrected chi connectivity index (χ3v) is 4.70. The smallest absolute Gasteiger partial charge is 0.255 e. The molecule has 18 heavy (non-hydrogen) atoms. The summed E-state index contributed by atoms with van der Waals surface area (Å²) >= 11 is 3.63. The summed E-state index contributed by atoms with van der Waals surface area (Å²) < 4.78 is 5.50. The van der Waals surface area contributed by atoms with Crippen molar-refractivity contribution in [3.63, 3.8) is 0 Å². The molecule has 2 rings (SSSR count). The number of furan rings is 1. The predicted molar refractivity (Wildman–Crippen MR) is 75.4 cm³/mol. The SMILES string of the molecule is Cc1oc(C)c(C(=O)NC2CCC(Br)CC2)c1C. The molecule has 0 aromatic carbocycles. The summed E-state index contributed by atoms with van der Waals surface area (Å²) in [6.07, 6.45) is 4.37. The first-order valence-electron chi connectivity index (χ1n) is 6.50. The molecule has 100 valence electrons. The van der Waals surface area contributed by atoms with Crippen molar-refractivity contribution in [1.29, 1.82) is 0 Å². The van der Waals surface area contributed by atoms with E-state index in [1.165, 1.54) is 0 Å². The first-order chi connectivity index (χ1) is 8.49. The van der Waals surface area contributed by atoms with E-state index in [0.29, 0.717) is 16.4 Å². The molecule has 1 fully saturated rings. The van der Waals surface area contributed by atoms with Gasteiger partial charge in [0.25, 0.3) is 5.91 Å². The van der Waals surface area contributed by atoms with Crippen LogP contribution in [0.15, 0.2) is 4.42 Å². The van der Waals surface area contributed by atoms with Crippen LogP contribution in [-0.4, -0.2) is 16.8 Å². The maximum Gasteiger partial charge on any atom is 0.255 e. The normalized spacial score (nSPS) is 24.0. The number of hydrogen-bond donors (Lipinski definition) is 1. The van der Waals surface area contributed by atoms with Crippen LogP contribution in [0.1, 0.15) is 53.1 Å². The molecule has 0 atom stereocenters. The van der Waals surface area contributed by atoms with Crippen LogP contribution in [0.4, 0.5) is 0 Å². The minimum atomic E-state index is 0.0138. The van der Waals surface area contributed by atoms with Gasteiger partial charge in [-0.15, -0.1) is 0 Å². The molecule has 1 aliphatic carbocycles. The lowest BCUT2D eigenvalue weighted by Gasteiger charge is -2.26. The number of amides is 1. The molecule has 1 aromatic heterocycles. The summed E-state index contributed by atoms with van der Waals surface area (Å²) in [6, 6.07) is 0.306. The summed E-state index contributed by atoms with van der Waals surface area (Å²) in [5, 5.41) is 3.13. The van der Waals surface area contributed by atoms with Gasteiger partial charge in [0, 0.05) is 16.4 Å². The van der Waals surface area contributed by atoms with Crippen molar-refractivity contribution >= 4 is 21.8 Å². The highest BCUT2D eigenvalue weighted by Crippen LogP contribution is 2.25. The second kappa shape index (κ2) is 5.47. The van der Waals surface area contributed by atoms with Crippen molar-refractivity contribution in [2.75, 3.05) is 0 Å². The average molecular weight is 314 g/mol. The summed E-state index contributed by atoms with van der Waals surface area (Å²) in [5.74, 6) is 1.57. The molecule has 0 bridgehead atoms. The van der Waals surface area contributed by atoms with Gasteiger partial charge in [-0.3, -0.25) is 4.79 Å². The largest absolute Gasteiger partial charge is 0.466 e. The lowest BCUT2D eigenvalue weighted by Crippen LogP contribution is -2.38. The zero-order valence-electron chi connectivity index (χ0n) is 11.2. The van der Waals surface area contributed by atoms with Crippen molar-refractivity contribution in [2.24, 2.45) is 0 Å². The van der Waals surface area contributed by atoms with Crippen molar-refractivity contribution in [3.8, 4) is 0 Å². The van der Waals surface area contributed by atoms with E-state index in [1.54, 1.807) is 0 Å². The Labute approximate surface area is 116 Å². The highest BCUT2D eigenvalue weighted by molar-refractivity contribution is 9.09. The highest BCUT2D eigenvalue weighted by Gasteiger charge is 2.24. The van der Waals surface area contributed by atoms with Gasteiger partial charge in [-0.25, -0.2) is 0 Å². The molecule has 0 radical (unpaired) electrons. The Morgan fingerprint density at radius 3 is 2.28 bits per heavy atom. The number of carbonyl (C=O) groups excluding carboxylic acids is 1. The number of rotatable bonds is 2. The van der Waals surface area contributed by atoms with E-state index in [1.807, 2.05) is 20.8 Å². The van der Waals surface area contributed by atoms with Crippen LogP contribution in [0.25, 0.3) is 0 Å². The highest BCUT2D eigenvalue weighted by atomic mass is 79.9. The second-order valence-corrected chi connectivity index (χ2v) is 6.43. The summed E-state index contributed by atoms with van der Waals surface area (Å²) in [7, 11) is 0. The number of carbonyl (C=O) groups is 1. The topological polar surface area (TPSA) is 42.2 Å². The molecule has 3 nitrogen and oxygen atoms in total. The van der Waals surface area contributed by atoms with Crippen molar-refractivity contribution < 1.29 is 9.21 Å². The lowest BCUT2D eigenvalue weighted by molar-refractivity contribution is 0.0926. The summed E-state index contributed by atoms with van der Waals surface area (Å²) in [4.78, 5) is 12.9. The molecule has 1 aliphatic rings. The van der Waals surface area contributed by atoms with Gasteiger partial charge in [0.2, 0.25) is 0 Å². The van der Waals surface area contributed by atoms with E-state index in [-0.39, 0.29) is 5.91 Å². The van der Waals surface area contributed by atoms with Crippen molar-refractivity contribution in [3.05, 3.63) is 22.6 Å². The fourth-order valence-electron chi connectivity index (χ4n) is 2.58. The molecule has 1 amide bonds. The zero-order valence-corrected chi connectivity index (χ0v) is 12.8. The van der Waals surface area contributed by atoms with E-state index < -0.39 is 0 Å². The minimum Gasteiger partial charge on any atom is -0.466 e. The van der Waals surface area contributed by atoms with Crippen LogP contribution in [0.2, 0.25) is 0 Å². The van der Waals surface area contributed by atoms with E-state index in [9.17, 15) is 4.79 Å². The van der Waals surface area contributed by atoms with E-state index in [4.69, 9.17) is 4.42 Å². The standard InChI is InChI=1S/C14H20BrNO2/c1-8-9(2)18-10(3)13(8)14(17)16-12-6-4-11(15)5-7-12/h11-12H,4-7H2,1-3H3,(H,16,17). The van der Waals surface area contributed by atoms with Gasteiger partial charge < -0.3 is 9.73 Å². The predicted octanol–water partition coefficient (Wildman–Crippen LogP) is 3.64. The first-order valence-corrected chi connectivity index (χ1v) is 7.42. The van der Waals surface area contributed by atoms with Gasteiger partial charge in [-0.1, -0.05) is 15.9 Å². The van der Waals surface area contributed by atoms with Crippen LogP contribution in [0.5, 0.6) is 0 Å². The zero-order chi connectivity index (χ0) is 13.3. The Kier molecular flexibility index (Phi) is 4.15. The Hall–Kier alpha value is -0.770. The molecule has 1 aromatic rings. The Morgan fingerprint density at radius 2 is 1.78 bits per heavy atom. The Morgan fingerprint density at radius 1 is 1.17 bits per heavy atom. The van der Waals surface area contributed by atoms with Gasteiger partial charge in [0.1, 0.15) is 11.5 Å². The summed E-state index contributed by atoms with van der Waals surface area (Å²) in [6.45, 7) is 5.69. The third-order valence-electron chi connectivity index (χ3n) is 3.78. The molecule has 4 heteroatoms. The second-order valence-electron chi connectivity index (χ2n) is 5.14. The fraction of sp³-hybridized carbons (Fsp3) is 0.643. The first kappa shape index (κ1) is 13.7. The van der Waals surface area contributed by atoms with Gasteiger partial charge in [0.15, 0.2) is 0 Å². The van der Waals surface area contributed by atoms with Crippen LogP contribution >= 0.6 is 15.9 Å². The maximum absolute atomic E-state index is 12.3. The lowest BCUT2D eigenvalue weighted by atomic mass is 9.95. The van der Waals surface area contributed by atoms with Crippen LogP contribution in [0.3, 0.4) is 0 Å². The summed E-state index contributed by atoms with van der Waals surface area (Å²) in [5.41, 5.74) is 1.67. The Balaban J connectivity index is 2.04. The molecular formula is C14H20BrNO2. The van der Waals surface area contributed by atoms with E-state index in [0.717, 1.165) is 42.8 Å². The molecular weight excluding hydrogens is 294 g/mol. The molecule has 1 heterocycles. The molecule has 1 N–H and O–H groups in total. The molecule has 0 aliphatic heterocycles. The van der Waals surface area contributed by atoms with Gasteiger partial charge in [0.05, 0.1) is 5.56 Å². The van der Waals surface area contributed by atoms with Crippen LogP contribution in [0, 0.1) is 20.8 Å². The molecule has 1 saturated carbocycles. The van der Waals surface area contributed by atoms with Crippen molar-refractivity contribution in [1.82, 2.24) is 5.32 Å². The molecule has 0 saturated heterocycles. The average Bonchev–Trinajstić information content (AvgIpc) is 2.56. The number of nitrogens with one attached hydrogen (secondary N) is 1. The van der Waals surface area contributed by atoms with E-state index >= 15 is 0 Å². The number of hydrogen-bond acceptors (Lipinski definition) is 2. The van der Waals surface area contributed by atoms with Gasteiger partial charge in [-0.2, -0.15) is 0 Å². The minimum absolute atomic E-state index is 0.0138. The van der Waals surface area contributed by atoms with Gasteiger partial charge in [-0.05, 0) is 46.5 Å². The van der Waals surface area contributed by atoms with E-state index in [2.05, 4.69) is 21.2 Å². The molecule has 0 unspecified atom stereocenters. The molecule has 0 spiro atoms. The quantitative estimate of drug-likeness (QED) is 0.847. The Bertz CT molecular complexity index is 445. The maximum atomic E-state index is 12.3.